The number of rotatable bonds is 3. The van der Waals surface area contributed by atoms with Gasteiger partial charge in [-0.3, -0.25) is 4.79 Å². The number of carbonyl (C=O) groups excluding carboxylic acids is 1. The molecule has 2 aromatic carbocycles. The first-order chi connectivity index (χ1) is 11.1. The molecule has 3 rings (SSSR count). The first kappa shape index (κ1) is 15.3. The van der Waals surface area contributed by atoms with Gasteiger partial charge in [0.15, 0.2) is 5.76 Å². The molecular weight excluding hydrogens is 317 g/mol. The summed E-state index contributed by atoms with van der Waals surface area (Å²) in [4.78, 5) is 25.2. The fraction of sp³-hybridized carbons (Fsp3) is 0.0588. The van der Waals surface area contributed by atoms with Gasteiger partial charge in [0.25, 0.3) is 5.91 Å². The summed E-state index contributed by atoms with van der Waals surface area (Å²) >= 11 is 1.59. The van der Waals surface area contributed by atoms with Crippen LogP contribution in [0.25, 0.3) is 10.8 Å². The Balaban J connectivity index is 1.92. The summed E-state index contributed by atoms with van der Waals surface area (Å²) in [5.74, 6) is -1.21. The van der Waals surface area contributed by atoms with Crippen molar-refractivity contribution in [1.29, 1.82) is 0 Å². The molecule has 0 spiro atoms. The zero-order valence-corrected chi connectivity index (χ0v) is 12.9. The van der Waals surface area contributed by atoms with Gasteiger partial charge in [0.05, 0.1) is 5.39 Å². The van der Waals surface area contributed by atoms with Gasteiger partial charge in [-0.15, -0.1) is 11.8 Å². The number of anilines is 1. The molecule has 116 valence electrons. The van der Waals surface area contributed by atoms with Gasteiger partial charge in [0.1, 0.15) is 5.82 Å². The standard InChI is InChI=1S/C17H12FNO3S/c1-23-13-5-3-12(4-6-13)19-16(20)15-9-10-8-11(18)2-7-14(10)17(21)22-15/h2-9H,1H3,(H,19,20). The van der Waals surface area contributed by atoms with Gasteiger partial charge < -0.3 is 9.73 Å². The average Bonchev–Trinajstić information content (AvgIpc) is 2.55. The van der Waals surface area contributed by atoms with Crippen molar-refractivity contribution in [3.63, 3.8) is 0 Å². The molecule has 0 aliphatic heterocycles. The van der Waals surface area contributed by atoms with Crippen LogP contribution in [0.4, 0.5) is 10.1 Å². The molecule has 0 bridgehead atoms. The summed E-state index contributed by atoms with van der Waals surface area (Å²) in [6.45, 7) is 0. The van der Waals surface area contributed by atoms with Crippen LogP contribution in [0.3, 0.4) is 0 Å². The predicted molar refractivity (Wildman–Crippen MR) is 88.6 cm³/mol. The summed E-state index contributed by atoms with van der Waals surface area (Å²) in [5.41, 5.74) is -0.0971. The van der Waals surface area contributed by atoms with Gasteiger partial charge in [0, 0.05) is 10.6 Å². The SMILES string of the molecule is CSc1ccc(NC(=O)c2cc3cc(F)ccc3c(=O)o2)cc1. The molecule has 0 saturated carbocycles. The van der Waals surface area contributed by atoms with Crippen LogP contribution in [0, 0.1) is 5.82 Å². The maximum absolute atomic E-state index is 13.3. The Morgan fingerprint density at radius 1 is 1.13 bits per heavy atom. The third-order valence-electron chi connectivity index (χ3n) is 3.29. The first-order valence-corrected chi connectivity index (χ1v) is 7.98. The number of nitrogens with one attached hydrogen (secondary N) is 1. The van der Waals surface area contributed by atoms with Crippen LogP contribution >= 0.6 is 11.8 Å². The Kier molecular flexibility index (Phi) is 4.16. The van der Waals surface area contributed by atoms with E-state index in [0.717, 1.165) is 4.90 Å². The quantitative estimate of drug-likeness (QED) is 0.740. The topological polar surface area (TPSA) is 59.3 Å². The Morgan fingerprint density at radius 3 is 2.57 bits per heavy atom. The van der Waals surface area contributed by atoms with Crippen LogP contribution < -0.4 is 10.9 Å². The minimum Gasteiger partial charge on any atom is -0.417 e. The summed E-state index contributed by atoms with van der Waals surface area (Å²) in [6.07, 6.45) is 1.95. The van der Waals surface area contributed by atoms with E-state index < -0.39 is 17.3 Å². The highest BCUT2D eigenvalue weighted by Gasteiger charge is 2.13. The van der Waals surface area contributed by atoms with Gasteiger partial charge in [-0.1, -0.05) is 0 Å². The summed E-state index contributed by atoms with van der Waals surface area (Å²) < 4.78 is 18.3. The fourth-order valence-electron chi connectivity index (χ4n) is 2.14. The molecule has 1 aromatic heterocycles. The highest BCUT2D eigenvalue weighted by molar-refractivity contribution is 7.98. The number of thioether (sulfide) groups is 1. The van der Waals surface area contributed by atoms with Crippen LogP contribution in [0.5, 0.6) is 0 Å². The second-order valence-electron chi connectivity index (χ2n) is 4.81. The highest BCUT2D eigenvalue weighted by atomic mass is 32.2. The Labute approximate surface area is 135 Å². The fourth-order valence-corrected chi connectivity index (χ4v) is 2.55. The molecule has 3 aromatic rings. The maximum atomic E-state index is 13.3. The second kappa shape index (κ2) is 6.26. The molecule has 23 heavy (non-hydrogen) atoms. The second-order valence-corrected chi connectivity index (χ2v) is 5.69. The van der Waals surface area contributed by atoms with E-state index >= 15 is 0 Å². The average molecular weight is 329 g/mol. The zero-order valence-electron chi connectivity index (χ0n) is 12.1. The van der Waals surface area contributed by atoms with Gasteiger partial charge in [-0.25, -0.2) is 9.18 Å². The summed E-state index contributed by atoms with van der Waals surface area (Å²) in [6, 6.07) is 12.3. The van der Waals surface area contributed by atoms with Crippen LogP contribution in [0.15, 0.2) is 62.6 Å². The van der Waals surface area contributed by atoms with Gasteiger partial charge in [0.2, 0.25) is 0 Å². The van der Waals surface area contributed by atoms with E-state index in [1.54, 1.807) is 23.9 Å². The highest BCUT2D eigenvalue weighted by Crippen LogP contribution is 2.19. The van der Waals surface area contributed by atoms with Crippen molar-refractivity contribution >= 4 is 34.1 Å². The van der Waals surface area contributed by atoms with E-state index in [4.69, 9.17) is 4.42 Å². The van der Waals surface area contributed by atoms with Crippen molar-refractivity contribution in [1.82, 2.24) is 0 Å². The number of benzene rings is 2. The minimum absolute atomic E-state index is 0.165. The summed E-state index contributed by atoms with van der Waals surface area (Å²) in [7, 11) is 0. The van der Waals surface area contributed by atoms with Gasteiger partial charge >= 0.3 is 5.63 Å². The number of amides is 1. The van der Waals surface area contributed by atoms with Gasteiger partial charge in [-0.2, -0.15) is 0 Å². The van der Waals surface area contributed by atoms with Crippen LogP contribution in [0.1, 0.15) is 10.6 Å². The lowest BCUT2D eigenvalue weighted by Crippen LogP contribution is -2.15. The van der Waals surface area contributed by atoms with Crippen LogP contribution in [-0.2, 0) is 0 Å². The Morgan fingerprint density at radius 2 is 1.87 bits per heavy atom. The Bertz CT molecular complexity index is 935. The van der Waals surface area contributed by atoms with E-state index in [-0.39, 0.29) is 11.1 Å². The normalized spacial score (nSPS) is 10.7. The molecule has 0 unspecified atom stereocenters. The molecule has 0 atom stereocenters. The van der Waals surface area contributed by atoms with E-state index in [1.165, 1.54) is 24.3 Å². The van der Waals surface area contributed by atoms with Crippen molar-refractivity contribution in [2.45, 2.75) is 4.90 Å². The lowest BCUT2D eigenvalue weighted by atomic mass is 10.1. The van der Waals surface area contributed by atoms with E-state index in [9.17, 15) is 14.0 Å². The molecule has 0 aliphatic rings. The molecule has 0 aliphatic carbocycles. The molecule has 1 N–H and O–H groups in total. The molecule has 4 nitrogen and oxygen atoms in total. The number of fused-ring (bicyclic) bond motifs is 1. The molecule has 1 heterocycles. The largest absolute Gasteiger partial charge is 0.417 e. The number of hydrogen-bond donors (Lipinski definition) is 1. The van der Waals surface area contributed by atoms with E-state index in [2.05, 4.69) is 5.32 Å². The predicted octanol–water partition coefficient (Wildman–Crippen LogP) is 3.91. The molecule has 0 fully saturated rings. The maximum Gasteiger partial charge on any atom is 0.344 e. The molecular formula is C17H12FNO3S. The van der Waals surface area contributed by atoms with Crippen molar-refractivity contribution in [3.05, 3.63) is 70.5 Å². The number of hydrogen-bond acceptors (Lipinski definition) is 4. The third kappa shape index (κ3) is 3.27. The first-order valence-electron chi connectivity index (χ1n) is 6.75. The Hall–Kier alpha value is -2.60. The van der Waals surface area contributed by atoms with E-state index in [1.807, 2.05) is 18.4 Å². The molecule has 1 amide bonds. The van der Waals surface area contributed by atoms with Crippen molar-refractivity contribution in [2.24, 2.45) is 0 Å². The van der Waals surface area contributed by atoms with Gasteiger partial charge in [-0.05, 0) is 60.2 Å². The third-order valence-corrected chi connectivity index (χ3v) is 4.04. The van der Waals surface area contributed by atoms with Crippen molar-refractivity contribution in [2.75, 3.05) is 11.6 Å². The number of halogens is 1. The zero-order chi connectivity index (χ0) is 16.4. The van der Waals surface area contributed by atoms with Crippen LogP contribution in [0.2, 0.25) is 0 Å². The van der Waals surface area contributed by atoms with E-state index in [0.29, 0.717) is 11.1 Å². The summed E-state index contributed by atoms with van der Waals surface area (Å²) in [5, 5.41) is 3.19. The molecule has 6 heteroatoms. The lowest BCUT2D eigenvalue weighted by molar-refractivity contribution is 0.0993. The van der Waals surface area contributed by atoms with Crippen molar-refractivity contribution in [3.8, 4) is 0 Å². The monoisotopic (exact) mass is 329 g/mol. The smallest absolute Gasteiger partial charge is 0.344 e. The molecule has 0 radical (unpaired) electrons. The molecule has 0 saturated heterocycles. The minimum atomic E-state index is -0.676. The lowest BCUT2D eigenvalue weighted by Gasteiger charge is -2.06. The number of carbonyl (C=O) groups is 1. The van der Waals surface area contributed by atoms with Crippen molar-refractivity contribution < 1.29 is 13.6 Å². The van der Waals surface area contributed by atoms with Crippen LogP contribution in [-0.4, -0.2) is 12.2 Å².